The maximum absolute atomic E-state index is 12.9. The van der Waals surface area contributed by atoms with E-state index in [9.17, 15) is 8.42 Å². The molecule has 29 heavy (non-hydrogen) atoms. The van der Waals surface area contributed by atoms with E-state index in [4.69, 9.17) is 11.6 Å². The number of benzene rings is 1. The first-order valence-corrected chi connectivity index (χ1v) is 11.0. The summed E-state index contributed by atoms with van der Waals surface area (Å²) in [5.74, 6) is 1.42. The summed E-state index contributed by atoms with van der Waals surface area (Å²) < 4.78 is 29.1. The van der Waals surface area contributed by atoms with Crippen LogP contribution in [0, 0.1) is 13.8 Å². The molecule has 8 nitrogen and oxygen atoms in total. The van der Waals surface area contributed by atoms with E-state index >= 15 is 0 Å². The maximum Gasteiger partial charge on any atom is 0.243 e. The van der Waals surface area contributed by atoms with Gasteiger partial charge in [0.25, 0.3) is 0 Å². The van der Waals surface area contributed by atoms with Crippen LogP contribution < -0.4 is 4.90 Å². The second-order valence-corrected chi connectivity index (χ2v) is 9.28. The minimum Gasteiger partial charge on any atom is -0.354 e. The van der Waals surface area contributed by atoms with Gasteiger partial charge in [-0.15, -0.1) is 0 Å². The molecule has 0 N–H and O–H groups in total. The molecule has 0 atom stereocenters. The number of aryl methyl sites for hydroxylation is 2. The molecule has 0 radical (unpaired) electrons. The van der Waals surface area contributed by atoms with Crippen LogP contribution in [-0.4, -0.2) is 58.7 Å². The highest BCUT2D eigenvalue weighted by Gasteiger charge is 2.29. The molecule has 1 aliphatic rings. The molecule has 4 rings (SSSR count). The normalized spacial score (nSPS) is 15.6. The zero-order valence-corrected chi connectivity index (χ0v) is 17.7. The van der Waals surface area contributed by atoms with Crippen molar-refractivity contribution < 1.29 is 8.42 Å². The fourth-order valence-corrected chi connectivity index (χ4v) is 4.91. The highest BCUT2D eigenvalue weighted by Crippen LogP contribution is 2.24. The molecule has 3 aromatic rings. The number of aromatic nitrogens is 4. The Kier molecular flexibility index (Phi) is 5.28. The van der Waals surface area contributed by atoms with Gasteiger partial charge in [-0.1, -0.05) is 17.7 Å². The van der Waals surface area contributed by atoms with Crippen molar-refractivity contribution in [2.75, 3.05) is 31.1 Å². The number of halogens is 1. The number of hydrogen-bond acceptors (Lipinski definition) is 6. The monoisotopic (exact) mass is 432 g/mol. The summed E-state index contributed by atoms with van der Waals surface area (Å²) in [6.45, 7) is 5.57. The third kappa shape index (κ3) is 3.98. The smallest absolute Gasteiger partial charge is 0.243 e. The third-order valence-electron chi connectivity index (χ3n) is 4.94. The van der Waals surface area contributed by atoms with Gasteiger partial charge >= 0.3 is 0 Å². The van der Waals surface area contributed by atoms with Gasteiger partial charge in [0.05, 0.1) is 10.6 Å². The number of nitrogens with zero attached hydrogens (tertiary/aromatic N) is 6. The Morgan fingerprint density at radius 2 is 1.69 bits per heavy atom. The molecule has 0 amide bonds. The van der Waals surface area contributed by atoms with Crippen LogP contribution in [0.15, 0.2) is 47.8 Å². The third-order valence-corrected chi connectivity index (χ3v) is 7.24. The first-order valence-electron chi connectivity index (χ1n) is 9.20. The topological polar surface area (TPSA) is 84.2 Å². The van der Waals surface area contributed by atoms with Gasteiger partial charge in [-0.25, -0.2) is 23.1 Å². The number of piperazine rings is 1. The van der Waals surface area contributed by atoms with E-state index in [1.807, 2.05) is 32.2 Å². The van der Waals surface area contributed by atoms with E-state index in [1.54, 1.807) is 16.8 Å². The summed E-state index contributed by atoms with van der Waals surface area (Å²) in [6, 6.07) is 8.61. The van der Waals surface area contributed by atoms with Gasteiger partial charge in [0.15, 0.2) is 5.82 Å². The van der Waals surface area contributed by atoms with Gasteiger partial charge in [-0.05, 0) is 37.6 Å². The van der Waals surface area contributed by atoms with Crippen molar-refractivity contribution in [3.63, 3.8) is 0 Å². The van der Waals surface area contributed by atoms with Gasteiger partial charge in [-0.3, -0.25) is 0 Å². The predicted molar refractivity (Wildman–Crippen MR) is 111 cm³/mol. The van der Waals surface area contributed by atoms with Gasteiger partial charge in [-0.2, -0.15) is 9.40 Å². The molecule has 1 saturated heterocycles. The van der Waals surface area contributed by atoms with Crippen LogP contribution in [0.5, 0.6) is 0 Å². The van der Waals surface area contributed by atoms with Crippen LogP contribution in [0.1, 0.15) is 11.3 Å². The van der Waals surface area contributed by atoms with Crippen molar-refractivity contribution >= 4 is 27.4 Å². The molecule has 1 aromatic carbocycles. The van der Waals surface area contributed by atoms with Crippen molar-refractivity contribution in [3.8, 4) is 5.82 Å². The number of rotatable bonds is 4. The Bertz CT molecular complexity index is 1140. The Balaban J connectivity index is 1.49. The van der Waals surface area contributed by atoms with E-state index < -0.39 is 10.0 Å². The highest BCUT2D eigenvalue weighted by molar-refractivity contribution is 7.89. The first kappa shape index (κ1) is 19.8. The molecular weight excluding hydrogens is 412 g/mol. The molecule has 3 heterocycles. The summed E-state index contributed by atoms with van der Waals surface area (Å²) >= 11 is 6.12. The van der Waals surface area contributed by atoms with Gasteiger partial charge in [0.2, 0.25) is 10.0 Å². The van der Waals surface area contributed by atoms with Crippen LogP contribution in [0.2, 0.25) is 5.02 Å². The molecule has 2 aromatic heterocycles. The predicted octanol–water partition coefficient (Wildman–Crippen LogP) is 2.44. The largest absolute Gasteiger partial charge is 0.354 e. The minimum absolute atomic E-state index is 0.222. The van der Waals surface area contributed by atoms with Crippen molar-refractivity contribution in [1.29, 1.82) is 0 Å². The van der Waals surface area contributed by atoms with Crippen molar-refractivity contribution in [3.05, 3.63) is 59.1 Å². The van der Waals surface area contributed by atoms with Crippen molar-refractivity contribution in [1.82, 2.24) is 24.1 Å². The molecule has 152 valence electrons. The van der Waals surface area contributed by atoms with Crippen LogP contribution in [0.4, 0.5) is 5.82 Å². The second kappa shape index (κ2) is 7.74. The molecular formula is C19H21ClN6O2S. The van der Waals surface area contributed by atoms with E-state index in [0.717, 1.165) is 17.1 Å². The Morgan fingerprint density at radius 3 is 2.34 bits per heavy atom. The van der Waals surface area contributed by atoms with Crippen LogP contribution >= 0.6 is 11.6 Å². The van der Waals surface area contributed by atoms with E-state index in [1.165, 1.54) is 16.7 Å². The minimum atomic E-state index is -3.58. The van der Waals surface area contributed by atoms with Gasteiger partial charge < -0.3 is 4.90 Å². The summed E-state index contributed by atoms with van der Waals surface area (Å²) in [4.78, 5) is 10.9. The molecule has 0 saturated carbocycles. The fraction of sp³-hybridized carbons (Fsp3) is 0.316. The Hall–Kier alpha value is -2.49. The average molecular weight is 433 g/mol. The summed E-state index contributed by atoms with van der Waals surface area (Å²) in [5, 5.41) is 4.82. The van der Waals surface area contributed by atoms with E-state index in [0.29, 0.717) is 37.0 Å². The lowest BCUT2D eigenvalue weighted by Crippen LogP contribution is -2.49. The quantitative estimate of drug-likeness (QED) is 0.629. The van der Waals surface area contributed by atoms with E-state index in [-0.39, 0.29) is 4.90 Å². The SMILES string of the molecule is Cc1ccn(-c2cc(N3CCN(S(=O)(=O)c4ccc(C)c(Cl)c4)CC3)ncn2)n1. The molecule has 0 unspecified atom stereocenters. The molecule has 1 fully saturated rings. The Labute approximate surface area is 174 Å². The van der Waals surface area contributed by atoms with Crippen LogP contribution in [0.3, 0.4) is 0 Å². The second-order valence-electron chi connectivity index (χ2n) is 6.94. The standard InChI is InChI=1S/C19H21ClN6O2S/c1-14-3-4-16(11-17(14)20)29(27,28)25-9-7-24(8-10-25)18-12-19(22-13-21-18)26-6-5-15(2)23-26/h3-6,11-13H,7-10H2,1-2H3. The summed E-state index contributed by atoms with van der Waals surface area (Å²) in [7, 11) is -3.58. The molecule has 0 bridgehead atoms. The molecule has 10 heteroatoms. The van der Waals surface area contributed by atoms with Crippen molar-refractivity contribution in [2.24, 2.45) is 0 Å². The number of hydrogen-bond donors (Lipinski definition) is 0. The molecule has 0 spiro atoms. The summed E-state index contributed by atoms with van der Waals surface area (Å²) in [5.41, 5.74) is 1.75. The Morgan fingerprint density at radius 1 is 0.966 bits per heavy atom. The van der Waals surface area contributed by atoms with Crippen LogP contribution in [0.25, 0.3) is 5.82 Å². The zero-order chi connectivity index (χ0) is 20.6. The number of anilines is 1. The van der Waals surface area contributed by atoms with Gasteiger partial charge in [0, 0.05) is 43.5 Å². The molecule has 1 aliphatic heterocycles. The summed E-state index contributed by atoms with van der Waals surface area (Å²) in [6.07, 6.45) is 3.35. The van der Waals surface area contributed by atoms with Gasteiger partial charge in [0.1, 0.15) is 12.1 Å². The average Bonchev–Trinajstić information content (AvgIpc) is 3.16. The van der Waals surface area contributed by atoms with Crippen LogP contribution in [-0.2, 0) is 10.0 Å². The van der Waals surface area contributed by atoms with Crippen molar-refractivity contribution in [2.45, 2.75) is 18.7 Å². The number of sulfonamides is 1. The highest BCUT2D eigenvalue weighted by atomic mass is 35.5. The zero-order valence-electron chi connectivity index (χ0n) is 16.2. The lowest BCUT2D eigenvalue weighted by Gasteiger charge is -2.34. The molecule has 0 aliphatic carbocycles. The fourth-order valence-electron chi connectivity index (χ4n) is 3.22. The lowest BCUT2D eigenvalue weighted by molar-refractivity contribution is 0.383. The van der Waals surface area contributed by atoms with E-state index in [2.05, 4.69) is 20.0 Å². The maximum atomic E-state index is 12.9. The first-order chi connectivity index (χ1) is 13.8. The lowest BCUT2D eigenvalue weighted by atomic mass is 10.2.